The van der Waals surface area contributed by atoms with E-state index in [1.807, 2.05) is 0 Å². The first kappa shape index (κ1) is 20.3. The average molecular weight is 399 g/mol. The molecule has 1 aliphatic rings. The minimum absolute atomic E-state index is 0.243. The maximum Gasteiger partial charge on any atom is 0.337 e. The van der Waals surface area contributed by atoms with Crippen LogP contribution in [0.2, 0.25) is 0 Å². The molecule has 0 unspecified atom stereocenters. The second-order valence-corrected chi connectivity index (χ2v) is 6.64. The Bertz CT molecular complexity index is 876. The van der Waals surface area contributed by atoms with E-state index >= 15 is 0 Å². The SMILES string of the molecule is COC(=O)c1ccc(NC(=O)CC(=O)N2CCN(c3ccc(F)cc3)CC2)cc1. The van der Waals surface area contributed by atoms with Gasteiger partial charge in [0.1, 0.15) is 12.2 Å². The first-order valence-electron chi connectivity index (χ1n) is 9.23. The molecule has 0 atom stereocenters. The predicted octanol–water partition coefficient (Wildman–Crippen LogP) is 2.29. The lowest BCUT2D eigenvalue weighted by Crippen LogP contribution is -2.49. The molecule has 1 heterocycles. The molecule has 152 valence electrons. The molecule has 0 aromatic heterocycles. The quantitative estimate of drug-likeness (QED) is 0.617. The Labute approximate surface area is 168 Å². The Morgan fingerprint density at radius 3 is 2.17 bits per heavy atom. The van der Waals surface area contributed by atoms with Crippen LogP contribution in [-0.2, 0) is 14.3 Å². The van der Waals surface area contributed by atoms with Gasteiger partial charge in [-0.1, -0.05) is 0 Å². The molecule has 2 aromatic carbocycles. The van der Waals surface area contributed by atoms with Gasteiger partial charge in [0, 0.05) is 37.6 Å². The molecule has 3 rings (SSSR count). The fourth-order valence-corrected chi connectivity index (χ4v) is 3.13. The van der Waals surface area contributed by atoms with E-state index in [1.54, 1.807) is 29.2 Å². The highest BCUT2D eigenvalue weighted by Crippen LogP contribution is 2.17. The number of piperazine rings is 1. The zero-order chi connectivity index (χ0) is 20.8. The Morgan fingerprint density at radius 1 is 0.966 bits per heavy atom. The number of nitrogens with zero attached hydrogens (tertiary/aromatic N) is 2. The van der Waals surface area contributed by atoms with Crippen molar-refractivity contribution in [1.82, 2.24) is 4.90 Å². The number of methoxy groups -OCH3 is 1. The van der Waals surface area contributed by atoms with Gasteiger partial charge >= 0.3 is 5.97 Å². The molecule has 0 bridgehead atoms. The van der Waals surface area contributed by atoms with Gasteiger partial charge in [-0.15, -0.1) is 0 Å². The van der Waals surface area contributed by atoms with Crippen LogP contribution in [0.25, 0.3) is 0 Å². The third kappa shape index (κ3) is 5.31. The first-order chi connectivity index (χ1) is 14.0. The zero-order valence-electron chi connectivity index (χ0n) is 16.1. The molecule has 0 radical (unpaired) electrons. The second kappa shape index (κ2) is 9.18. The molecule has 1 saturated heterocycles. The van der Waals surface area contributed by atoms with Gasteiger partial charge in [-0.05, 0) is 48.5 Å². The number of amides is 2. The van der Waals surface area contributed by atoms with Crippen molar-refractivity contribution < 1.29 is 23.5 Å². The van der Waals surface area contributed by atoms with Crippen LogP contribution in [0.5, 0.6) is 0 Å². The highest BCUT2D eigenvalue weighted by molar-refractivity contribution is 6.03. The highest BCUT2D eigenvalue weighted by Gasteiger charge is 2.23. The van der Waals surface area contributed by atoms with E-state index < -0.39 is 11.9 Å². The number of carbonyl (C=O) groups excluding carboxylic acids is 3. The summed E-state index contributed by atoms with van der Waals surface area (Å²) < 4.78 is 17.7. The van der Waals surface area contributed by atoms with Crippen LogP contribution < -0.4 is 10.2 Å². The van der Waals surface area contributed by atoms with Crippen LogP contribution in [0.4, 0.5) is 15.8 Å². The predicted molar refractivity (Wildman–Crippen MR) is 106 cm³/mol. The summed E-state index contributed by atoms with van der Waals surface area (Å²) >= 11 is 0. The lowest BCUT2D eigenvalue weighted by atomic mass is 10.2. The number of benzene rings is 2. The summed E-state index contributed by atoms with van der Waals surface area (Å²) in [7, 11) is 1.29. The van der Waals surface area contributed by atoms with E-state index in [0.29, 0.717) is 37.4 Å². The van der Waals surface area contributed by atoms with Gasteiger partial charge in [0.05, 0.1) is 12.7 Å². The molecule has 2 aromatic rings. The van der Waals surface area contributed by atoms with Gasteiger partial charge in [0.15, 0.2) is 0 Å². The van der Waals surface area contributed by atoms with Gasteiger partial charge in [-0.3, -0.25) is 9.59 Å². The molecule has 29 heavy (non-hydrogen) atoms. The highest BCUT2D eigenvalue weighted by atomic mass is 19.1. The van der Waals surface area contributed by atoms with E-state index in [1.165, 1.54) is 31.4 Å². The monoisotopic (exact) mass is 399 g/mol. The molecular formula is C21H22FN3O4. The third-order valence-corrected chi connectivity index (χ3v) is 4.73. The van der Waals surface area contributed by atoms with Crippen LogP contribution in [0, 0.1) is 5.82 Å². The number of hydrogen-bond acceptors (Lipinski definition) is 5. The lowest BCUT2D eigenvalue weighted by molar-refractivity contribution is -0.134. The minimum atomic E-state index is -0.460. The number of esters is 1. The summed E-state index contributed by atoms with van der Waals surface area (Å²) in [6.07, 6.45) is -0.255. The lowest BCUT2D eigenvalue weighted by Gasteiger charge is -2.36. The van der Waals surface area contributed by atoms with Crippen molar-refractivity contribution in [3.8, 4) is 0 Å². The van der Waals surface area contributed by atoms with Crippen LogP contribution in [0.15, 0.2) is 48.5 Å². The minimum Gasteiger partial charge on any atom is -0.465 e. The van der Waals surface area contributed by atoms with Crippen molar-refractivity contribution in [1.29, 1.82) is 0 Å². The largest absolute Gasteiger partial charge is 0.465 e. The van der Waals surface area contributed by atoms with Crippen LogP contribution >= 0.6 is 0 Å². The van der Waals surface area contributed by atoms with Crippen molar-refractivity contribution in [3.63, 3.8) is 0 Å². The Balaban J connectivity index is 1.47. The van der Waals surface area contributed by atoms with Crippen molar-refractivity contribution >= 4 is 29.2 Å². The standard InChI is InChI=1S/C21H22FN3O4/c1-29-21(28)15-2-6-17(7-3-15)23-19(26)14-20(27)25-12-10-24(11-13-25)18-8-4-16(22)5-9-18/h2-9H,10-14H2,1H3,(H,23,26). The molecule has 7 nitrogen and oxygen atoms in total. The second-order valence-electron chi connectivity index (χ2n) is 6.64. The van der Waals surface area contributed by atoms with Gasteiger partial charge in [-0.2, -0.15) is 0 Å². The third-order valence-electron chi connectivity index (χ3n) is 4.73. The van der Waals surface area contributed by atoms with Crippen molar-refractivity contribution in [2.75, 3.05) is 43.5 Å². The molecule has 1 N–H and O–H groups in total. The number of anilines is 2. The van der Waals surface area contributed by atoms with E-state index in [-0.39, 0.29) is 18.1 Å². The van der Waals surface area contributed by atoms with Crippen LogP contribution in [-0.4, -0.2) is 56.0 Å². The fourth-order valence-electron chi connectivity index (χ4n) is 3.13. The molecule has 1 fully saturated rings. The number of carbonyl (C=O) groups is 3. The van der Waals surface area contributed by atoms with Crippen molar-refractivity contribution in [2.45, 2.75) is 6.42 Å². The van der Waals surface area contributed by atoms with Crippen LogP contribution in [0.3, 0.4) is 0 Å². The summed E-state index contributed by atoms with van der Waals surface area (Å²) in [5, 5.41) is 2.65. The van der Waals surface area contributed by atoms with Crippen molar-refractivity contribution in [2.24, 2.45) is 0 Å². The van der Waals surface area contributed by atoms with E-state index in [9.17, 15) is 18.8 Å². The summed E-state index contributed by atoms with van der Waals surface area (Å²) in [4.78, 5) is 39.7. The Kier molecular flexibility index (Phi) is 6.43. The summed E-state index contributed by atoms with van der Waals surface area (Å²) in [5.74, 6) is -1.40. The normalized spacial score (nSPS) is 13.7. The van der Waals surface area contributed by atoms with Gasteiger partial charge in [-0.25, -0.2) is 9.18 Å². The molecule has 0 aliphatic carbocycles. The average Bonchev–Trinajstić information content (AvgIpc) is 2.74. The van der Waals surface area contributed by atoms with E-state index in [4.69, 9.17) is 0 Å². The van der Waals surface area contributed by atoms with E-state index in [2.05, 4.69) is 15.0 Å². The molecule has 8 heteroatoms. The van der Waals surface area contributed by atoms with Gasteiger partial charge in [0.2, 0.25) is 11.8 Å². The molecular weight excluding hydrogens is 377 g/mol. The van der Waals surface area contributed by atoms with E-state index in [0.717, 1.165) is 5.69 Å². The number of hydrogen-bond donors (Lipinski definition) is 1. The topological polar surface area (TPSA) is 78.9 Å². The van der Waals surface area contributed by atoms with Gasteiger partial charge in [0.25, 0.3) is 0 Å². The van der Waals surface area contributed by atoms with Crippen LogP contribution in [0.1, 0.15) is 16.8 Å². The first-order valence-corrected chi connectivity index (χ1v) is 9.23. The molecule has 1 aliphatic heterocycles. The zero-order valence-corrected chi connectivity index (χ0v) is 16.1. The number of rotatable bonds is 5. The summed E-state index contributed by atoms with van der Waals surface area (Å²) in [6, 6.07) is 12.5. The summed E-state index contributed by atoms with van der Waals surface area (Å²) in [5.41, 5.74) is 1.78. The number of nitrogens with one attached hydrogen (secondary N) is 1. The maximum atomic E-state index is 13.0. The number of halogens is 1. The summed E-state index contributed by atoms with van der Waals surface area (Å²) in [6.45, 7) is 2.23. The van der Waals surface area contributed by atoms with Crippen molar-refractivity contribution in [3.05, 3.63) is 59.9 Å². The molecule has 0 saturated carbocycles. The molecule has 2 amide bonds. The maximum absolute atomic E-state index is 13.0. The van der Waals surface area contributed by atoms with Gasteiger partial charge < -0.3 is 19.9 Å². The fraction of sp³-hybridized carbons (Fsp3) is 0.286. The molecule has 0 spiro atoms. The Hall–Kier alpha value is -3.42. The smallest absolute Gasteiger partial charge is 0.337 e. The number of ether oxygens (including phenoxy) is 1. The Morgan fingerprint density at radius 2 is 1.59 bits per heavy atom.